The van der Waals surface area contributed by atoms with Gasteiger partial charge in [0.15, 0.2) is 5.84 Å². The van der Waals surface area contributed by atoms with Crippen molar-refractivity contribution in [1.82, 2.24) is 4.90 Å². The lowest BCUT2D eigenvalue weighted by Gasteiger charge is -2.19. The molecular formula is C12H10N2O4S. The molecule has 1 aromatic rings. The van der Waals surface area contributed by atoms with Crippen LogP contribution < -0.4 is 0 Å². The second kappa shape index (κ2) is 4.74. The fourth-order valence-corrected chi connectivity index (χ4v) is 3.02. The Morgan fingerprint density at radius 2 is 2.11 bits per heavy atom. The molecule has 1 heterocycles. The zero-order valence-electron chi connectivity index (χ0n) is 9.78. The summed E-state index contributed by atoms with van der Waals surface area (Å²) in [5.74, 6) is 1.26. The van der Waals surface area contributed by atoms with Crippen molar-refractivity contribution in [2.75, 3.05) is 13.1 Å². The molecule has 1 aromatic carbocycles. The van der Waals surface area contributed by atoms with Gasteiger partial charge in [-0.3, -0.25) is 4.79 Å². The summed E-state index contributed by atoms with van der Waals surface area (Å²) in [6.45, 7) is -0.443. The minimum atomic E-state index is -3.77. The maximum atomic E-state index is 11.8. The molecule has 0 amide bonds. The summed E-state index contributed by atoms with van der Waals surface area (Å²) >= 11 is 0. The van der Waals surface area contributed by atoms with Crippen LogP contribution in [0.2, 0.25) is 0 Å². The Morgan fingerprint density at radius 1 is 1.42 bits per heavy atom. The summed E-state index contributed by atoms with van der Waals surface area (Å²) in [5, 5.41) is 8.83. The average molecular weight is 278 g/mol. The third-order valence-electron chi connectivity index (χ3n) is 2.52. The zero-order valence-corrected chi connectivity index (χ0v) is 10.6. The van der Waals surface area contributed by atoms with Gasteiger partial charge in [0.2, 0.25) is 0 Å². The van der Waals surface area contributed by atoms with E-state index in [1.54, 1.807) is 18.2 Å². The van der Waals surface area contributed by atoms with Crippen molar-refractivity contribution in [3.8, 4) is 12.3 Å². The molecule has 0 atom stereocenters. The van der Waals surface area contributed by atoms with E-state index in [0.717, 1.165) is 0 Å². The lowest BCUT2D eigenvalue weighted by Crippen LogP contribution is -2.35. The number of amidine groups is 1. The molecular weight excluding hydrogens is 268 g/mol. The first-order valence-corrected chi connectivity index (χ1v) is 6.74. The third-order valence-corrected chi connectivity index (χ3v) is 3.85. The highest BCUT2D eigenvalue weighted by Crippen LogP contribution is 2.27. The van der Waals surface area contributed by atoms with E-state index >= 15 is 0 Å². The SMILES string of the molecule is C#CCN(CC(=O)O)C1=NS(=O)(=O)c2ccccc21. The molecule has 0 radical (unpaired) electrons. The Labute approximate surface area is 110 Å². The van der Waals surface area contributed by atoms with Crippen molar-refractivity contribution in [1.29, 1.82) is 0 Å². The van der Waals surface area contributed by atoms with Crippen LogP contribution in [0, 0.1) is 12.3 Å². The van der Waals surface area contributed by atoms with Crippen molar-refractivity contribution in [3.63, 3.8) is 0 Å². The van der Waals surface area contributed by atoms with E-state index in [0.29, 0.717) is 5.56 Å². The van der Waals surface area contributed by atoms with Crippen LogP contribution in [0.5, 0.6) is 0 Å². The second-order valence-electron chi connectivity index (χ2n) is 3.84. The van der Waals surface area contributed by atoms with Gasteiger partial charge in [0, 0.05) is 5.56 Å². The van der Waals surface area contributed by atoms with Gasteiger partial charge in [-0.05, 0) is 12.1 Å². The lowest BCUT2D eigenvalue weighted by molar-refractivity contribution is -0.137. The minimum absolute atomic E-state index is 0.0328. The summed E-state index contributed by atoms with van der Waals surface area (Å²) < 4.78 is 27.3. The number of fused-ring (bicyclic) bond motifs is 1. The van der Waals surface area contributed by atoms with Gasteiger partial charge in [-0.15, -0.1) is 10.8 Å². The zero-order chi connectivity index (χ0) is 14.0. The topological polar surface area (TPSA) is 87.0 Å². The minimum Gasteiger partial charge on any atom is -0.480 e. The molecule has 0 saturated carbocycles. The van der Waals surface area contributed by atoms with Crippen LogP contribution in [0.1, 0.15) is 5.56 Å². The van der Waals surface area contributed by atoms with E-state index in [-0.39, 0.29) is 17.3 Å². The normalized spacial score (nSPS) is 15.2. The molecule has 0 aliphatic carbocycles. The molecule has 98 valence electrons. The average Bonchev–Trinajstić information content (AvgIpc) is 2.61. The standard InChI is InChI=1S/C12H10N2O4S/c1-2-7-14(8-11(15)16)12-9-5-3-4-6-10(9)19(17,18)13-12/h1,3-6H,7-8H2,(H,15,16). The predicted octanol–water partition coefficient (Wildman–Crippen LogP) is 0.155. The first-order chi connectivity index (χ1) is 8.95. The molecule has 1 aliphatic rings. The van der Waals surface area contributed by atoms with Crippen molar-refractivity contribution in [3.05, 3.63) is 29.8 Å². The van der Waals surface area contributed by atoms with Gasteiger partial charge in [-0.25, -0.2) is 0 Å². The van der Waals surface area contributed by atoms with Crippen molar-refractivity contribution in [2.45, 2.75) is 4.90 Å². The Kier molecular flexibility index (Phi) is 3.27. The van der Waals surface area contributed by atoms with E-state index in [2.05, 4.69) is 10.3 Å². The monoisotopic (exact) mass is 278 g/mol. The number of hydrogen-bond acceptors (Lipinski definition) is 4. The largest absolute Gasteiger partial charge is 0.480 e. The number of aliphatic carboxylic acids is 1. The molecule has 6 nitrogen and oxygen atoms in total. The molecule has 7 heteroatoms. The van der Waals surface area contributed by atoms with Gasteiger partial charge in [0.1, 0.15) is 11.4 Å². The van der Waals surface area contributed by atoms with Crippen LogP contribution in [0.4, 0.5) is 0 Å². The molecule has 0 aromatic heterocycles. The molecule has 1 N–H and O–H groups in total. The van der Waals surface area contributed by atoms with Crippen molar-refractivity contribution in [2.24, 2.45) is 4.40 Å². The third kappa shape index (κ3) is 2.44. The smallest absolute Gasteiger partial charge is 0.323 e. The number of hydrogen-bond donors (Lipinski definition) is 1. The number of carboxylic acid groups (broad SMARTS) is 1. The molecule has 0 saturated heterocycles. The number of nitrogens with zero attached hydrogens (tertiary/aromatic N) is 2. The number of benzene rings is 1. The number of carboxylic acids is 1. The van der Waals surface area contributed by atoms with Crippen LogP contribution in [-0.2, 0) is 14.8 Å². The van der Waals surface area contributed by atoms with Crippen LogP contribution in [0.25, 0.3) is 0 Å². The van der Waals surface area contributed by atoms with Gasteiger partial charge in [0.25, 0.3) is 10.0 Å². The van der Waals surface area contributed by atoms with E-state index in [4.69, 9.17) is 11.5 Å². The lowest BCUT2D eigenvalue weighted by atomic mass is 10.2. The Bertz CT molecular complexity index is 701. The highest BCUT2D eigenvalue weighted by atomic mass is 32.2. The summed E-state index contributed by atoms with van der Waals surface area (Å²) in [6.07, 6.45) is 5.17. The Balaban J connectivity index is 2.51. The number of terminal acetylenes is 1. The van der Waals surface area contributed by atoms with Gasteiger partial charge in [-0.1, -0.05) is 18.1 Å². The van der Waals surface area contributed by atoms with E-state index in [1.807, 2.05) is 0 Å². The van der Waals surface area contributed by atoms with Crippen molar-refractivity contribution < 1.29 is 18.3 Å². The Morgan fingerprint density at radius 3 is 2.74 bits per heavy atom. The first kappa shape index (κ1) is 13.1. The molecule has 2 rings (SSSR count). The van der Waals surface area contributed by atoms with Gasteiger partial charge < -0.3 is 10.0 Å². The van der Waals surface area contributed by atoms with Crippen LogP contribution >= 0.6 is 0 Å². The summed E-state index contributed by atoms with van der Waals surface area (Å²) in [5.41, 5.74) is 0.374. The maximum absolute atomic E-state index is 11.8. The van der Waals surface area contributed by atoms with Crippen LogP contribution in [0.3, 0.4) is 0 Å². The second-order valence-corrected chi connectivity index (χ2v) is 5.41. The molecule has 0 unspecified atom stereocenters. The number of rotatable bonds is 3. The summed E-state index contributed by atoms with van der Waals surface area (Å²) in [4.78, 5) is 12.1. The fraction of sp³-hybridized carbons (Fsp3) is 0.167. The Hall–Kier alpha value is -2.33. The predicted molar refractivity (Wildman–Crippen MR) is 68.2 cm³/mol. The van der Waals surface area contributed by atoms with Crippen LogP contribution in [0.15, 0.2) is 33.6 Å². The number of carbonyl (C=O) groups is 1. The van der Waals surface area contributed by atoms with Gasteiger partial charge >= 0.3 is 5.97 Å². The molecule has 0 fully saturated rings. The van der Waals surface area contributed by atoms with E-state index < -0.39 is 22.5 Å². The van der Waals surface area contributed by atoms with E-state index in [9.17, 15) is 13.2 Å². The number of sulfonamides is 1. The molecule has 19 heavy (non-hydrogen) atoms. The van der Waals surface area contributed by atoms with Crippen molar-refractivity contribution >= 4 is 21.8 Å². The summed E-state index contributed by atoms with van der Waals surface area (Å²) in [6, 6.07) is 6.24. The molecule has 0 bridgehead atoms. The quantitative estimate of drug-likeness (QED) is 0.796. The first-order valence-electron chi connectivity index (χ1n) is 5.30. The highest BCUT2D eigenvalue weighted by molar-refractivity contribution is 7.90. The van der Waals surface area contributed by atoms with Gasteiger partial charge in [0.05, 0.1) is 6.54 Å². The van der Waals surface area contributed by atoms with Gasteiger partial charge in [-0.2, -0.15) is 8.42 Å². The molecule has 1 aliphatic heterocycles. The van der Waals surface area contributed by atoms with Crippen LogP contribution in [-0.4, -0.2) is 43.3 Å². The van der Waals surface area contributed by atoms with E-state index in [1.165, 1.54) is 11.0 Å². The fourth-order valence-electron chi connectivity index (χ4n) is 1.80. The maximum Gasteiger partial charge on any atom is 0.323 e. The summed E-state index contributed by atoms with van der Waals surface area (Å²) in [7, 11) is -3.77. The molecule has 0 spiro atoms. The highest BCUT2D eigenvalue weighted by Gasteiger charge is 2.31.